The van der Waals surface area contributed by atoms with Gasteiger partial charge >= 0.3 is 0 Å². The van der Waals surface area contributed by atoms with Crippen LogP contribution in [0, 0.1) is 6.92 Å². The quantitative estimate of drug-likeness (QED) is 0.864. The number of hydrogen-bond acceptors (Lipinski definition) is 3. The summed E-state index contributed by atoms with van der Waals surface area (Å²) in [5.41, 5.74) is 3.84. The molecule has 26 heavy (non-hydrogen) atoms. The monoisotopic (exact) mass is 368 g/mol. The third-order valence-electron chi connectivity index (χ3n) is 5.92. The van der Waals surface area contributed by atoms with Crippen LogP contribution in [0.25, 0.3) is 0 Å². The van der Waals surface area contributed by atoms with Gasteiger partial charge in [-0.1, -0.05) is 43.5 Å². The average molecular weight is 369 g/mol. The number of nitrogens with zero attached hydrogens (tertiary/aromatic N) is 1. The predicted molar refractivity (Wildman–Crippen MR) is 108 cm³/mol. The predicted octanol–water partition coefficient (Wildman–Crippen LogP) is 4.45. The Balaban J connectivity index is 1.55. The molecule has 0 bridgehead atoms. The lowest BCUT2D eigenvalue weighted by Gasteiger charge is -2.37. The molecule has 0 saturated heterocycles. The number of amides is 1. The van der Waals surface area contributed by atoms with Crippen LogP contribution in [0.2, 0.25) is 0 Å². The summed E-state index contributed by atoms with van der Waals surface area (Å²) in [6, 6.07) is 11.3. The highest BCUT2D eigenvalue weighted by Gasteiger charge is 2.33. The third-order valence-corrected chi connectivity index (χ3v) is 6.91. The first kappa shape index (κ1) is 17.7. The largest absolute Gasteiger partial charge is 0.330 e. The minimum atomic E-state index is 0.0619. The number of benzene rings is 1. The summed E-state index contributed by atoms with van der Waals surface area (Å²) in [6.45, 7) is 3.43. The molecular weight excluding hydrogens is 340 g/mol. The highest BCUT2D eigenvalue weighted by atomic mass is 32.1. The van der Waals surface area contributed by atoms with Crippen LogP contribution in [0.1, 0.15) is 59.7 Å². The Morgan fingerprint density at radius 2 is 1.96 bits per heavy atom. The number of carbonyl (C=O) groups excluding carboxylic acids is 1. The van der Waals surface area contributed by atoms with Crippen LogP contribution in [-0.2, 0) is 11.2 Å². The van der Waals surface area contributed by atoms with Crippen LogP contribution in [0.3, 0.4) is 0 Å². The van der Waals surface area contributed by atoms with Crippen molar-refractivity contribution >= 4 is 17.2 Å². The second kappa shape index (κ2) is 7.93. The van der Waals surface area contributed by atoms with E-state index in [2.05, 4.69) is 52.9 Å². The van der Waals surface area contributed by atoms with Crippen molar-refractivity contribution in [3.05, 3.63) is 57.3 Å². The molecule has 1 atom stereocenters. The molecule has 1 aromatic carbocycles. The maximum atomic E-state index is 13.1. The molecule has 1 amide bonds. The van der Waals surface area contributed by atoms with Crippen LogP contribution in [-0.4, -0.2) is 29.9 Å². The maximum absolute atomic E-state index is 13.1. The number of hydrogen-bond donors (Lipinski definition) is 1. The van der Waals surface area contributed by atoms with Gasteiger partial charge in [-0.25, -0.2) is 0 Å². The van der Waals surface area contributed by atoms with Crippen molar-refractivity contribution in [2.45, 2.75) is 57.5 Å². The zero-order chi connectivity index (χ0) is 17.9. The zero-order valence-corrected chi connectivity index (χ0v) is 16.4. The molecule has 2 heterocycles. The van der Waals surface area contributed by atoms with Gasteiger partial charge in [-0.05, 0) is 54.3 Å². The van der Waals surface area contributed by atoms with Crippen molar-refractivity contribution in [2.75, 3.05) is 13.1 Å². The molecule has 2 aromatic rings. The Hall–Kier alpha value is -1.65. The number of thiophene rings is 1. The first-order valence-electron chi connectivity index (χ1n) is 9.88. The Labute approximate surface area is 160 Å². The van der Waals surface area contributed by atoms with Crippen LogP contribution in [0.4, 0.5) is 0 Å². The van der Waals surface area contributed by atoms with Gasteiger partial charge in [0.15, 0.2) is 0 Å². The van der Waals surface area contributed by atoms with Crippen molar-refractivity contribution in [1.29, 1.82) is 0 Å². The lowest BCUT2D eigenvalue weighted by molar-refractivity contribution is -0.132. The molecule has 4 rings (SSSR count). The SMILES string of the molecule is Cc1ccccc1[C@@H]1c2ccsc2CCN1C(=O)CNC1CCCCC1. The lowest BCUT2D eigenvalue weighted by Crippen LogP contribution is -2.46. The van der Waals surface area contributed by atoms with Crippen LogP contribution in [0.15, 0.2) is 35.7 Å². The highest BCUT2D eigenvalue weighted by molar-refractivity contribution is 7.10. The molecule has 1 N–H and O–H groups in total. The smallest absolute Gasteiger partial charge is 0.237 e. The Kier molecular flexibility index (Phi) is 5.41. The van der Waals surface area contributed by atoms with Gasteiger partial charge in [0, 0.05) is 17.5 Å². The van der Waals surface area contributed by atoms with E-state index in [4.69, 9.17) is 0 Å². The first-order valence-corrected chi connectivity index (χ1v) is 10.8. The van der Waals surface area contributed by atoms with E-state index in [0.717, 1.165) is 13.0 Å². The van der Waals surface area contributed by atoms with Crippen LogP contribution >= 0.6 is 11.3 Å². The standard InChI is InChI=1S/C22H28N2OS/c1-16-7-5-6-10-18(16)22-19-12-14-26-20(19)11-13-24(22)21(25)15-23-17-8-3-2-4-9-17/h5-7,10,12,14,17,22-23H,2-4,8-9,11,13,15H2,1H3/t22-/m1/s1. The second-order valence-corrected chi connectivity index (χ2v) is 8.61. The number of fused-ring (bicyclic) bond motifs is 1. The molecule has 1 aliphatic heterocycles. The summed E-state index contributed by atoms with van der Waals surface area (Å²) in [4.78, 5) is 16.7. The van der Waals surface area contributed by atoms with Crippen LogP contribution < -0.4 is 5.32 Å². The van der Waals surface area contributed by atoms with Gasteiger partial charge in [-0.2, -0.15) is 0 Å². The molecule has 3 nitrogen and oxygen atoms in total. The number of aryl methyl sites for hydroxylation is 1. The zero-order valence-electron chi connectivity index (χ0n) is 15.5. The second-order valence-electron chi connectivity index (χ2n) is 7.61. The molecule has 4 heteroatoms. The molecule has 138 valence electrons. The number of rotatable bonds is 4. The van der Waals surface area contributed by atoms with Crippen molar-refractivity contribution in [3.8, 4) is 0 Å². The molecule has 1 aromatic heterocycles. The molecule has 0 spiro atoms. The van der Waals surface area contributed by atoms with Gasteiger partial charge in [-0.3, -0.25) is 4.79 Å². The topological polar surface area (TPSA) is 32.3 Å². The van der Waals surface area contributed by atoms with Gasteiger partial charge in [0.2, 0.25) is 5.91 Å². The fourth-order valence-corrected chi connectivity index (χ4v) is 5.36. The number of nitrogens with one attached hydrogen (secondary N) is 1. The number of carbonyl (C=O) groups is 1. The Bertz CT molecular complexity index is 763. The molecule has 0 unspecified atom stereocenters. The van der Waals surface area contributed by atoms with Gasteiger partial charge in [0.25, 0.3) is 0 Å². The summed E-state index contributed by atoms with van der Waals surface area (Å²) >= 11 is 1.83. The summed E-state index contributed by atoms with van der Waals surface area (Å²) in [5, 5.41) is 5.71. The van der Waals surface area contributed by atoms with E-state index in [-0.39, 0.29) is 11.9 Å². The summed E-state index contributed by atoms with van der Waals surface area (Å²) in [5.74, 6) is 0.237. The van der Waals surface area contributed by atoms with Gasteiger partial charge in [0.05, 0.1) is 12.6 Å². The van der Waals surface area contributed by atoms with Crippen molar-refractivity contribution in [2.24, 2.45) is 0 Å². The molecule has 1 aliphatic carbocycles. The van der Waals surface area contributed by atoms with Gasteiger partial charge < -0.3 is 10.2 Å². The van der Waals surface area contributed by atoms with E-state index in [1.54, 1.807) is 0 Å². The molecule has 0 radical (unpaired) electrons. The highest BCUT2D eigenvalue weighted by Crippen LogP contribution is 2.38. The Morgan fingerprint density at radius 1 is 1.15 bits per heavy atom. The van der Waals surface area contributed by atoms with Crippen molar-refractivity contribution < 1.29 is 4.79 Å². The molecule has 1 saturated carbocycles. The molecular formula is C22H28N2OS. The van der Waals surface area contributed by atoms with Crippen LogP contribution in [0.5, 0.6) is 0 Å². The minimum Gasteiger partial charge on any atom is -0.330 e. The maximum Gasteiger partial charge on any atom is 0.237 e. The van der Waals surface area contributed by atoms with E-state index >= 15 is 0 Å². The van der Waals surface area contributed by atoms with E-state index in [9.17, 15) is 4.79 Å². The average Bonchev–Trinajstić information content (AvgIpc) is 3.15. The molecule has 1 fully saturated rings. The fraction of sp³-hybridized carbons (Fsp3) is 0.500. The minimum absolute atomic E-state index is 0.0619. The van der Waals surface area contributed by atoms with Gasteiger partial charge in [-0.15, -0.1) is 11.3 Å². The summed E-state index contributed by atoms with van der Waals surface area (Å²) < 4.78 is 0. The summed E-state index contributed by atoms with van der Waals surface area (Å²) in [7, 11) is 0. The fourth-order valence-electron chi connectivity index (χ4n) is 4.45. The summed E-state index contributed by atoms with van der Waals surface area (Å²) in [6.07, 6.45) is 7.32. The van der Waals surface area contributed by atoms with E-state index < -0.39 is 0 Å². The first-order chi connectivity index (χ1) is 12.7. The van der Waals surface area contributed by atoms with E-state index in [1.165, 1.54) is 53.7 Å². The lowest BCUT2D eigenvalue weighted by atomic mass is 9.90. The van der Waals surface area contributed by atoms with Gasteiger partial charge in [0.1, 0.15) is 0 Å². The normalized spacial score (nSPS) is 20.8. The van der Waals surface area contributed by atoms with Crippen molar-refractivity contribution in [3.63, 3.8) is 0 Å². The Morgan fingerprint density at radius 3 is 2.77 bits per heavy atom. The molecule has 2 aliphatic rings. The third kappa shape index (κ3) is 3.58. The van der Waals surface area contributed by atoms with E-state index in [0.29, 0.717) is 12.6 Å². The van der Waals surface area contributed by atoms with Crippen molar-refractivity contribution in [1.82, 2.24) is 10.2 Å². The van der Waals surface area contributed by atoms with E-state index in [1.807, 2.05) is 11.3 Å².